The van der Waals surface area contributed by atoms with E-state index >= 15 is 0 Å². The third-order valence-corrected chi connectivity index (χ3v) is 1.28. The summed E-state index contributed by atoms with van der Waals surface area (Å²) in [5.74, 6) is 0.430. The van der Waals surface area contributed by atoms with Gasteiger partial charge >= 0.3 is 0 Å². The highest BCUT2D eigenvalue weighted by molar-refractivity contribution is 5.77. The maximum atomic E-state index is 10.9. The summed E-state index contributed by atoms with van der Waals surface area (Å²) < 4.78 is 4.74. The standard InChI is InChI=1S/C6H8N6O2/c1-4-10-6(14-11-4)3-8-5(13)2-9-12-7/h2-3H2,1H3,(H,8,13). The van der Waals surface area contributed by atoms with Gasteiger partial charge in [0.2, 0.25) is 11.8 Å². The molecule has 1 aromatic heterocycles. The molecule has 0 radical (unpaired) electrons. The molecule has 0 atom stereocenters. The lowest BCUT2D eigenvalue weighted by atomic mass is 10.5. The maximum Gasteiger partial charge on any atom is 0.246 e. The van der Waals surface area contributed by atoms with Gasteiger partial charge in [-0.05, 0) is 12.5 Å². The van der Waals surface area contributed by atoms with Crippen LogP contribution in [0.1, 0.15) is 11.7 Å². The molecule has 14 heavy (non-hydrogen) atoms. The van der Waals surface area contributed by atoms with Gasteiger partial charge in [-0.15, -0.1) is 0 Å². The number of rotatable bonds is 4. The molecule has 1 amide bonds. The molecular formula is C6H8N6O2. The lowest BCUT2D eigenvalue weighted by Gasteiger charge is -1.96. The van der Waals surface area contributed by atoms with Gasteiger partial charge < -0.3 is 9.84 Å². The van der Waals surface area contributed by atoms with Gasteiger partial charge in [0.1, 0.15) is 6.54 Å². The van der Waals surface area contributed by atoms with E-state index in [1.807, 2.05) is 0 Å². The zero-order chi connectivity index (χ0) is 10.4. The molecule has 8 heteroatoms. The van der Waals surface area contributed by atoms with E-state index in [0.717, 1.165) is 0 Å². The number of hydrogen-bond acceptors (Lipinski definition) is 5. The van der Waals surface area contributed by atoms with E-state index in [1.54, 1.807) is 6.92 Å². The van der Waals surface area contributed by atoms with Gasteiger partial charge in [0.15, 0.2) is 5.82 Å². The number of aromatic nitrogens is 2. The van der Waals surface area contributed by atoms with Crippen molar-refractivity contribution in [3.05, 3.63) is 22.2 Å². The summed E-state index contributed by atoms with van der Waals surface area (Å²) in [6.07, 6.45) is 0. The fourth-order valence-corrected chi connectivity index (χ4v) is 0.738. The van der Waals surface area contributed by atoms with Crippen molar-refractivity contribution in [2.24, 2.45) is 5.11 Å². The minimum absolute atomic E-state index is 0.140. The second-order valence-corrected chi connectivity index (χ2v) is 2.40. The first kappa shape index (κ1) is 10.0. The molecule has 0 bridgehead atoms. The summed E-state index contributed by atoms with van der Waals surface area (Å²) in [5, 5.41) is 9.08. The summed E-state index contributed by atoms with van der Waals surface area (Å²) >= 11 is 0. The van der Waals surface area contributed by atoms with Crippen LogP contribution in [0.3, 0.4) is 0 Å². The highest BCUT2D eigenvalue weighted by Crippen LogP contribution is 1.94. The number of hydrogen-bond donors (Lipinski definition) is 1. The van der Waals surface area contributed by atoms with Crippen molar-refractivity contribution in [3.8, 4) is 0 Å². The topological polar surface area (TPSA) is 117 Å². The summed E-state index contributed by atoms with van der Waals surface area (Å²) in [7, 11) is 0. The third-order valence-electron chi connectivity index (χ3n) is 1.28. The number of amides is 1. The summed E-state index contributed by atoms with van der Waals surface area (Å²) in [5.41, 5.74) is 7.94. The zero-order valence-electron chi connectivity index (χ0n) is 7.47. The molecule has 0 aromatic carbocycles. The molecule has 0 unspecified atom stereocenters. The molecule has 1 heterocycles. The number of carbonyl (C=O) groups is 1. The number of carbonyl (C=O) groups excluding carboxylic acids is 1. The van der Waals surface area contributed by atoms with Gasteiger partial charge in [-0.1, -0.05) is 10.3 Å². The Balaban J connectivity index is 2.33. The lowest BCUT2D eigenvalue weighted by molar-refractivity contribution is -0.119. The number of azide groups is 1. The quantitative estimate of drug-likeness (QED) is 0.423. The lowest BCUT2D eigenvalue weighted by Crippen LogP contribution is -2.24. The Bertz CT molecular complexity index is 366. The SMILES string of the molecule is Cc1noc(CNC(=O)CN=[N+]=[N-])n1. The van der Waals surface area contributed by atoms with E-state index in [9.17, 15) is 4.79 Å². The van der Waals surface area contributed by atoms with Crippen molar-refractivity contribution in [2.75, 3.05) is 6.54 Å². The average molecular weight is 196 g/mol. The van der Waals surface area contributed by atoms with Crippen molar-refractivity contribution in [2.45, 2.75) is 13.5 Å². The normalized spacial score (nSPS) is 9.21. The first-order valence-corrected chi connectivity index (χ1v) is 3.79. The first-order chi connectivity index (χ1) is 6.72. The van der Waals surface area contributed by atoms with Crippen LogP contribution in [0.25, 0.3) is 10.4 Å². The average Bonchev–Trinajstić information content (AvgIpc) is 2.58. The molecular weight excluding hydrogens is 188 g/mol. The Morgan fingerprint density at radius 2 is 2.57 bits per heavy atom. The predicted octanol–water partition coefficient (Wildman–Crippen LogP) is 0.305. The van der Waals surface area contributed by atoms with Crippen LogP contribution in [0.4, 0.5) is 0 Å². The van der Waals surface area contributed by atoms with Crippen LogP contribution in [0.15, 0.2) is 9.64 Å². The summed E-state index contributed by atoms with van der Waals surface area (Å²) in [6, 6.07) is 0. The largest absolute Gasteiger partial charge is 0.347 e. The second-order valence-electron chi connectivity index (χ2n) is 2.40. The van der Waals surface area contributed by atoms with E-state index in [2.05, 4.69) is 25.5 Å². The van der Waals surface area contributed by atoms with Gasteiger partial charge in [0, 0.05) is 4.91 Å². The zero-order valence-corrected chi connectivity index (χ0v) is 7.47. The number of aryl methyl sites for hydroxylation is 1. The van der Waals surface area contributed by atoms with Crippen LogP contribution in [0.2, 0.25) is 0 Å². The minimum atomic E-state index is -0.390. The Hall–Kier alpha value is -2.08. The number of nitrogens with one attached hydrogen (secondary N) is 1. The van der Waals surface area contributed by atoms with Gasteiger partial charge in [-0.3, -0.25) is 4.79 Å². The van der Waals surface area contributed by atoms with E-state index in [1.165, 1.54) is 0 Å². The van der Waals surface area contributed by atoms with Crippen molar-refractivity contribution in [1.82, 2.24) is 15.5 Å². The van der Waals surface area contributed by atoms with Crippen molar-refractivity contribution in [3.63, 3.8) is 0 Å². The molecule has 8 nitrogen and oxygen atoms in total. The summed E-state index contributed by atoms with van der Waals surface area (Å²) in [6.45, 7) is 1.58. The van der Waals surface area contributed by atoms with Crippen LogP contribution in [-0.4, -0.2) is 22.6 Å². The third kappa shape index (κ3) is 3.11. The second kappa shape index (κ2) is 4.83. The van der Waals surface area contributed by atoms with Crippen molar-refractivity contribution in [1.29, 1.82) is 0 Å². The predicted molar refractivity (Wildman–Crippen MR) is 44.9 cm³/mol. The maximum absolute atomic E-state index is 10.9. The monoisotopic (exact) mass is 196 g/mol. The summed E-state index contributed by atoms with van der Waals surface area (Å²) in [4.78, 5) is 17.2. The van der Waals surface area contributed by atoms with Crippen LogP contribution < -0.4 is 5.32 Å². The highest BCUT2D eigenvalue weighted by atomic mass is 16.5. The molecule has 0 saturated carbocycles. The molecule has 0 aliphatic carbocycles. The molecule has 0 fully saturated rings. The molecule has 74 valence electrons. The van der Waals surface area contributed by atoms with Crippen molar-refractivity contribution < 1.29 is 9.32 Å². The highest BCUT2D eigenvalue weighted by Gasteiger charge is 2.04. The minimum Gasteiger partial charge on any atom is -0.347 e. The van der Waals surface area contributed by atoms with Gasteiger partial charge in [0.05, 0.1) is 6.54 Å². The van der Waals surface area contributed by atoms with Gasteiger partial charge in [-0.2, -0.15) is 4.98 Å². The van der Waals surface area contributed by atoms with Crippen LogP contribution in [0, 0.1) is 6.92 Å². The molecule has 0 saturated heterocycles. The fraction of sp³-hybridized carbons (Fsp3) is 0.500. The van der Waals surface area contributed by atoms with E-state index in [0.29, 0.717) is 11.7 Å². The van der Waals surface area contributed by atoms with Crippen LogP contribution in [-0.2, 0) is 11.3 Å². The molecule has 0 aliphatic rings. The smallest absolute Gasteiger partial charge is 0.246 e. The molecule has 0 spiro atoms. The van der Waals surface area contributed by atoms with Crippen LogP contribution in [0.5, 0.6) is 0 Å². The number of nitrogens with zero attached hydrogens (tertiary/aromatic N) is 5. The molecule has 1 aromatic rings. The van der Waals surface area contributed by atoms with E-state index < -0.39 is 5.91 Å². The van der Waals surface area contributed by atoms with Crippen LogP contribution >= 0.6 is 0 Å². The van der Waals surface area contributed by atoms with Gasteiger partial charge in [-0.25, -0.2) is 0 Å². The Morgan fingerprint density at radius 3 is 3.14 bits per heavy atom. The molecule has 1 rings (SSSR count). The Labute approximate surface area is 78.9 Å². The Morgan fingerprint density at radius 1 is 1.79 bits per heavy atom. The van der Waals surface area contributed by atoms with Gasteiger partial charge in [0.25, 0.3) is 0 Å². The van der Waals surface area contributed by atoms with E-state index in [4.69, 9.17) is 10.1 Å². The molecule has 1 N–H and O–H groups in total. The molecule has 0 aliphatic heterocycles. The Kier molecular flexibility index (Phi) is 3.45. The first-order valence-electron chi connectivity index (χ1n) is 3.79. The van der Waals surface area contributed by atoms with E-state index in [-0.39, 0.29) is 13.1 Å². The fourth-order valence-electron chi connectivity index (χ4n) is 0.738. The van der Waals surface area contributed by atoms with Crippen molar-refractivity contribution >= 4 is 5.91 Å².